The van der Waals surface area contributed by atoms with Gasteiger partial charge in [0, 0.05) is 13.1 Å². The molecule has 0 aromatic heterocycles. The summed E-state index contributed by atoms with van der Waals surface area (Å²) in [6.45, 7) is -1.31. The van der Waals surface area contributed by atoms with Gasteiger partial charge in [0.05, 0.1) is 5.56 Å². The van der Waals surface area contributed by atoms with E-state index in [4.69, 9.17) is 4.74 Å². The predicted molar refractivity (Wildman–Crippen MR) is 94.7 cm³/mol. The van der Waals surface area contributed by atoms with Gasteiger partial charge in [-0.25, -0.2) is 0 Å². The van der Waals surface area contributed by atoms with Crippen molar-refractivity contribution >= 4 is 5.91 Å². The van der Waals surface area contributed by atoms with Crippen molar-refractivity contribution in [1.82, 2.24) is 10.2 Å². The largest absolute Gasteiger partial charge is 0.492 e. The van der Waals surface area contributed by atoms with Crippen molar-refractivity contribution in [1.29, 1.82) is 0 Å². The van der Waals surface area contributed by atoms with Gasteiger partial charge in [-0.2, -0.15) is 8.78 Å². The lowest BCUT2D eigenvalue weighted by molar-refractivity contribution is -0.0501. The van der Waals surface area contributed by atoms with Gasteiger partial charge in [-0.15, -0.1) is 0 Å². The van der Waals surface area contributed by atoms with Gasteiger partial charge in [0.2, 0.25) is 0 Å². The third-order valence-corrected chi connectivity index (χ3v) is 3.53. The lowest BCUT2D eigenvalue weighted by atomic mass is 10.1. The topological polar surface area (TPSA) is 50.8 Å². The highest BCUT2D eigenvalue weighted by Crippen LogP contribution is 2.20. The van der Waals surface area contributed by atoms with E-state index in [1.165, 1.54) is 18.2 Å². The number of ether oxygens (including phenoxy) is 2. The summed E-state index contributed by atoms with van der Waals surface area (Å²) < 4.78 is 34.8. The Labute approximate surface area is 151 Å². The van der Waals surface area contributed by atoms with Crippen LogP contribution in [0.1, 0.15) is 15.9 Å². The number of nitrogens with zero attached hydrogens (tertiary/aromatic N) is 1. The molecule has 0 radical (unpaired) electrons. The van der Waals surface area contributed by atoms with Crippen molar-refractivity contribution in [2.45, 2.75) is 13.2 Å². The molecule has 7 heteroatoms. The van der Waals surface area contributed by atoms with Gasteiger partial charge < -0.3 is 19.7 Å². The predicted octanol–water partition coefficient (Wildman–Crippen LogP) is 3.16. The minimum absolute atomic E-state index is 0.0661. The third-order valence-electron chi connectivity index (χ3n) is 3.53. The standard InChI is InChI=1S/C19H22F2N2O3/c1-23(2)11-12-25-15-9-7-14(8-10-15)13-22-18(24)16-5-3-4-6-17(16)26-19(20)21/h3-10,19H,11-13H2,1-2H3,(H,22,24). The molecule has 0 saturated carbocycles. The van der Waals surface area contributed by atoms with E-state index in [0.29, 0.717) is 6.61 Å². The molecule has 0 fully saturated rings. The van der Waals surface area contributed by atoms with E-state index in [2.05, 4.69) is 10.1 Å². The zero-order valence-electron chi connectivity index (χ0n) is 14.7. The highest BCUT2D eigenvalue weighted by molar-refractivity contribution is 5.96. The summed E-state index contributed by atoms with van der Waals surface area (Å²) in [5, 5.41) is 2.70. The van der Waals surface area contributed by atoms with Crippen LogP contribution in [0, 0.1) is 0 Å². The Bertz CT molecular complexity index is 706. The summed E-state index contributed by atoms with van der Waals surface area (Å²) in [6, 6.07) is 13.2. The molecule has 0 heterocycles. The summed E-state index contributed by atoms with van der Waals surface area (Å²) in [5.74, 6) is 0.120. The van der Waals surface area contributed by atoms with Crippen LogP contribution in [0.5, 0.6) is 11.5 Å². The van der Waals surface area contributed by atoms with Crippen molar-refractivity contribution < 1.29 is 23.0 Å². The lowest BCUT2D eigenvalue weighted by Crippen LogP contribution is -2.23. The smallest absolute Gasteiger partial charge is 0.387 e. The van der Waals surface area contributed by atoms with Crippen LogP contribution in [-0.2, 0) is 6.54 Å². The maximum Gasteiger partial charge on any atom is 0.387 e. The van der Waals surface area contributed by atoms with Crippen LogP contribution in [-0.4, -0.2) is 44.7 Å². The van der Waals surface area contributed by atoms with Gasteiger partial charge in [-0.3, -0.25) is 4.79 Å². The molecule has 2 aromatic rings. The SMILES string of the molecule is CN(C)CCOc1ccc(CNC(=O)c2ccccc2OC(F)F)cc1. The molecule has 1 amide bonds. The molecule has 140 valence electrons. The Balaban J connectivity index is 1.89. The van der Waals surface area contributed by atoms with E-state index < -0.39 is 12.5 Å². The normalized spacial score (nSPS) is 10.8. The number of likely N-dealkylation sites (N-methyl/N-ethyl adjacent to an activating group) is 1. The molecule has 0 atom stereocenters. The number of hydrogen-bond donors (Lipinski definition) is 1. The second-order valence-electron chi connectivity index (χ2n) is 5.85. The van der Waals surface area contributed by atoms with Crippen LogP contribution in [0.25, 0.3) is 0 Å². The number of benzene rings is 2. The highest BCUT2D eigenvalue weighted by atomic mass is 19.3. The Morgan fingerprint density at radius 2 is 1.81 bits per heavy atom. The monoisotopic (exact) mass is 364 g/mol. The van der Waals surface area contributed by atoms with Crippen molar-refractivity contribution in [2.24, 2.45) is 0 Å². The highest BCUT2D eigenvalue weighted by Gasteiger charge is 2.14. The Hall–Kier alpha value is -2.67. The number of nitrogens with one attached hydrogen (secondary N) is 1. The molecular weight excluding hydrogens is 342 g/mol. The minimum atomic E-state index is -2.98. The molecule has 0 unspecified atom stereocenters. The molecule has 0 bridgehead atoms. The summed E-state index contributed by atoms with van der Waals surface area (Å²) in [4.78, 5) is 14.3. The van der Waals surface area contributed by atoms with Gasteiger partial charge in [-0.05, 0) is 43.9 Å². The van der Waals surface area contributed by atoms with Crippen molar-refractivity contribution in [2.75, 3.05) is 27.2 Å². The Morgan fingerprint density at radius 1 is 1.12 bits per heavy atom. The average molecular weight is 364 g/mol. The van der Waals surface area contributed by atoms with E-state index in [1.807, 2.05) is 43.3 Å². The fourth-order valence-electron chi connectivity index (χ4n) is 2.18. The van der Waals surface area contributed by atoms with Crippen molar-refractivity contribution in [3.63, 3.8) is 0 Å². The summed E-state index contributed by atoms with van der Waals surface area (Å²) in [6.07, 6.45) is 0. The summed E-state index contributed by atoms with van der Waals surface area (Å²) in [5.41, 5.74) is 0.932. The van der Waals surface area contributed by atoms with E-state index in [9.17, 15) is 13.6 Å². The quantitative estimate of drug-likeness (QED) is 0.743. The maximum absolute atomic E-state index is 12.4. The van der Waals surface area contributed by atoms with E-state index >= 15 is 0 Å². The lowest BCUT2D eigenvalue weighted by Gasteiger charge is -2.12. The van der Waals surface area contributed by atoms with Crippen LogP contribution in [0.15, 0.2) is 48.5 Å². The first-order valence-corrected chi connectivity index (χ1v) is 8.14. The number of alkyl halides is 2. The van der Waals surface area contributed by atoms with Crippen molar-refractivity contribution in [3.05, 3.63) is 59.7 Å². The molecule has 5 nitrogen and oxygen atoms in total. The first kappa shape index (κ1) is 19.7. The number of amides is 1. The van der Waals surface area contributed by atoms with E-state index in [1.54, 1.807) is 6.07 Å². The van der Waals surface area contributed by atoms with Gasteiger partial charge in [0.1, 0.15) is 18.1 Å². The van der Waals surface area contributed by atoms with E-state index in [-0.39, 0.29) is 17.9 Å². The van der Waals surface area contributed by atoms with Gasteiger partial charge in [0.25, 0.3) is 5.91 Å². The van der Waals surface area contributed by atoms with Crippen LogP contribution in [0.2, 0.25) is 0 Å². The summed E-state index contributed by atoms with van der Waals surface area (Å²) in [7, 11) is 3.94. The maximum atomic E-state index is 12.4. The molecule has 0 saturated heterocycles. The zero-order valence-corrected chi connectivity index (χ0v) is 14.7. The number of hydrogen-bond acceptors (Lipinski definition) is 4. The minimum Gasteiger partial charge on any atom is -0.492 e. The Kier molecular flexibility index (Phi) is 7.35. The molecule has 0 aliphatic rings. The molecule has 0 aliphatic heterocycles. The molecule has 2 aromatic carbocycles. The molecule has 1 N–H and O–H groups in total. The summed E-state index contributed by atoms with van der Waals surface area (Å²) >= 11 is 0. The fraction of sp³-hybridized carbons (Fsp3) is 0.316. The molecule has 2 rings (SSSR count). The molecule has 26 heavy (non-hydrogen) atoms. The molecular formula is C19H22F2N2O3. The van der Waals surface area contributed by atoms with Crippen molar-refractivity contribution in [3.8, 4) is 11.5 Å². The third kappa shape index (κ3) is 6.33. The van der Waals surface area contributed by atoms with E-state index in [0.717, 1.165) is 17.9 Å². The molecule has 0 spiro atoms. The molecule has 0 aliphatic carbocycles. The van der Waals surface area contributed by atoms with Gasteiger partial charge in [0.15, 0.2) is 0 Å². The average Bonchev–Trinajstić information content (AvgIpc) is 2.60. The van der Waals surface area contributed by atoms with Crippen LogP contribution >= 0.6 is 0 Å². The number of carbonyl (C=O) groups is 1. The number of halogens is 2. The first-order valence-electron chi connectivity index (χ1n) is 8.14. The van der Waals surface area contributed by atoms with Gasteiger partial charge >= 0.3 is 6.61 Å². The van der Waals surface area contributed by atoms with Crippen LogP contribution in [0.3, 0.4) is 0 Å². The number of carbonyl (C=O) groups excluding carboxylic acids is 1. The number of rotatable bonds is 9. The van der Waals surface area contributed by atoms with Crippen LogP contribution in [0.4, 0.5) is 8.78 Å². The second kappa shape index (κ2) is 9.72. The first-order chi connectivity index (χ1) is 12.5. The fourth-order valence-corrected chi connectivity index (χ4v) is 2.18. The zero-order chi connectivity index (χ0) is 18.9. The van der Waals surface area contributed by atoms with Gasteiger partial charge in [-0.1, -0.05) is 24.3 Å². The number of para-hydroxylation sites is 1. The Morgan fingerprint density at radius 3 is 2.46 bits per heavy atom. The van der Waals surface area contributed by atoms with Crippen LogP contribution < -0.4 is 14.8 Å². The second-order valence-corrected chi connectivity index (χ2v) is 5.85.